The standard InChI is InChI=1S/C16H15N5O2/c1-19-6-7-20(11(9-19)10-22)15-8-14-17-16(23)12-4-2-3-5-13(12)21(14)18-15/h2-5,8H,6-7,9H2,1H3,(H,17,23). The van der Waals surface area contributed by atoms with E-state index in [1.165, 1.54) is 0 Å². The summed E-state index contributed by atoms with van der Waals surface area (Å²) >= 11 is 0. The summed E-state index contributed by atoms with van der Waals surface area (Å²) < 4.78 is 1.70. The van der Waals surface area contributed by atoms with Gasteiger partial charge in [0.15, 0.2) is 5.82 Å². The fourth-order valence-corrected chi connectivity index (χ4v) is 2.97. The van der Waals surface area contributed by atoms with E-state index in [9.17, 15) is 9.59 Å². The number of benzene rings is 1. The van der Waals surface area contributed by atoms with Gasteiger partial charge in [0.05, 0.1) is 10.9 Å². The number of H-pyrrole nitrogens is 1. The summed E-state index contributed by atoms with van der Waals surface area (Å²) in [7, 11) is 1.96. The molecule has 116 valence electrons. The van der Waals surface area contributed by atoms with Crippen LogP contribution in [0.5, 0.6) is 0 Å². The molecule has 0 saturated carbocycles. The maximum atomic E-state index is 12.2. The monoisotopic (exact) mass is 309 g/mol. The summed E-state index contributed by atoms with van der Waals surface area (Å²) in [5, 5.41) is 5.17. The van der Waals surface area contributed by atoms with E-state index in [1.54, 1.807) is 16.6 Å². The Balaban J connectivity index is 1.91. The van der Waals surface area contributed by atoms with Crippen molar-refractivity contribution < 1.29 is 4.79 Å². The molecule has 0 spiro atoms. The Kier molecular flexibility index (Phi) is 3.04. The smallest absolute Gasteiger partial charge is 0.259 e. The molecule has 0 aliphatic carbocycles. The normalized spacial score (nSPS) is 16.2. The average Bonchev–Trinajstić information content (AvgIpc) is 2.98. The van der Waals surface area contributed by atoms with Crippen LogP contribution in [-0.4, -0.2) is 52.1 Å². The molecule has 7 nitrogen and oxygen atoms in total. The number of anilines is 1. The number of nitrogens with one attached hydrogen (secondary N) is 1. The summed E-state index contributed by atoms with van der Waals surface area (Å²) in [5.41, 5.74) is 1.74. The largest absolute Gasteiger partial charge is 0.317 e. The molecule has 1 aliphatic rings. The number of hydrogen-bond donors (Lipinski definition) is 1. The third-order valence-electron chi connectivity index (χ3n) is 4.16. The lowest BCUT2D eigenvalue weighted by Crippen LogP contribution is -2.43. The lowest BCUT2D eigenvalue weighted by molar-refractivity contribution is 0.340. The predicted molar refractivity (Wildman–Crippen MR) is 87.4 cm³/mol. The maximum Gasteiger partial charge on any atom is 0.259 e. The molecule has 3 aromatic rings. The molecule has 1 fully saturated rings. The van der Waals surface area contributed by atoms with Crippen LogP contribution in [0.15, 0.2) is 40.8 Å². The van der Waals surface area contributed by atoms with Gasteiger partial charge in [0.25, 0.3) is 5.56 Å². The Hall–Kier alpha value is -2.89. The fourth-order valence-electron chi connectivity index (χ4n) is 2.97. The zero-order chi connectivity index (χ0) is 16.0. The van der Waals surface area contributed by atoms with Crippen molar-refractivity contribution in [3.63, 3.8) is 0 Å². The van der Waals surface area contributed by atoms with Crippen LogP contribution in [0.1, 0.15) is 0 Å². The number of carbonyl (C=O) groups excluding carboxylic acids is 1. The molecule has 0 amide bonds. The van der Waals surface area contributed by atoms with Gasteiger partial charge in [-0.3, -0.25) is 9.69 Å². The van der Waals surface area contributed by atoms with Crippen molar-refractivity contribution in [1.29, 1.82) is 0 Å². The first kappa shape index (κ1) is 13.8. The van der Waals surface area contributed by atoms with E-state index < -0.39 is 0 Å². The Morgan fingerprint density at radius 1 is 1.26 bits per heavy atom. The number of aromatic amines is 1. The third kappa shape index (κ3) is 2.14. The molecule has 0 bridgehead atoms. The van der Waals surface area contributed by atoms with E-state index in [2.05, 4.69) is 15.0 Å². The van der Waals surface area contributed by atoms with Gasteiger partial charge in [-0.25, -0.2) is 9.31 Å². The van der Waals surface area contributed by atoms with Gasteiger partial charge in [-0.1, -0.05) is 12.1 Å². The number of likely N-dealkylation sites (N-methyl/N-ethyl adjacent to an activating group) is 1. The van der Waals surface area contributed by atoms with E-state index >= 15 is 0 Å². The number of hydrogen-bond acceptors (Lipinski definition) is 5. The Labute approximate surface area is 131 Å². The molecular weight excluding hydrogens is 294 g/mol. The minimum atomic E-state index is -0.149. The molecule has 3 heterocycles. The number of rotatable bonds is 1. The van der Waals surface area contributed by atoms with Crippen LogP contribution in [0.3, 0.4) is 0 Å². The van der Waals surface area contributed by atoms with Crippen molar-refractivity contribution in [3.8, 4) is 0 Å². The van der Waals surface area contributed by atoms with E-state index in [1.807, 2.05) is 36.1 Å². The number of nitrogens with zero attached hydrogens (tertiary/aromatic N) is 4. The van der Waals surface area contributed by atoms with Crippen LogP contribution in [-0.2, 0) is 4.79 Å². The minimum Gasteiger partial charge on any atom is -0.317 e. The number of fused-ring (bicyclic) bond motifs is 3. The van der Waals surface area contributed by atoms with Gasteiger partial charge in [0, 0.05) is 25.7 Å². The first-order valence-corrected chi connectivity index (χ1v) is 7.38. The molecule has 7 heteroatoms. The van der Waals surface area contributed by atoms with Crippen molar-refractivity contribution in [2.75, 3.05) is 31.6 Å². The van der Waals surface area contributed by atoms with Crippen molar-refractivity contribution in [1.82, 2.24) is 19.5 Å². The lowest BCUT2D eigenvalue weighted by atomic mass is 10.2. The van der Waals surface area contributed by atoms with Gasteiger partial charge in [0.2, 0.25) is 0 Å². The van der Waals surface area contributed by atoms with E-state index in [-0.39, 0.29) is 5.56 Å². The minimum absolute atomic E-state index is 0.149. The van der Waals surface area contributed by atoms with E-state index in [4.69, 9.17) is 0 Å². The molecular formula is C16H15N5O2. The van der Waals surface area contributed by atoms with Crippen LogP contribution >= 0.6 is 0 Å². The maximum absolute atomic E-state index is 12.2. The quantitative estimate of drug-likeness (QED) is 0.668. The van der Waals surface area contributed by atoms with Crippen LogP contribution in [0.2, 0.25) is 0 Å². The Bertz CT molecular complexity index is 1010. The summed E-state index contributed by atoms with van der Waals surface area (Å²) in [4.78, 5) is 30.2. The molecule has 0 radical (unpaired) electrons. The van der Waals surface area contributed by atoms with Crippen molar-refractivity contribution in [2.45, 2.75) is 0 Å². The van der Waals surface area contributed by atoms with Crippen LogP contribution in [0.4, 0.5) is 5.82 Å². The molecule has 4 rings (SSSR count). The first-order valence-electron chi connectivity index (χ1n) is 7.38. The van der Waals surface area contributed by atoms with Crippen LogP contribution in [0.25, 0.3) is 16.6 Å². The zero-order valence-corrected chi connectivity index (χ0v) is 12.6. The highest BCUT2D eigenvalue weighted by Gasteiger charge is 2.23. The second-order valence-corrected chi connectivity index (χ2v) is 5.71. The highest BCUT2D eigenvalue weighted by molar-refractivity contribution is 5.81. The van der Waals surface area contributed by atoms with Crippen molar-refractivity contribution in [2.24, 2.45) is 0 Å². The third-order valence-corrected chi connectivity index (χ3v) is 4.16. The second kappa shape index (κ2) is 5.08. The molecule has 1 N–H and O–H groups in total. The summed E-state index contributed by atoms with van der Waals surface area (Å²) in [6.07, 6.45) is 0. The predicted octanol–water partition coefficient (Wildman–Crippen LogP) is 0.643. The topological polar surface area (TPSA) is 73.7 Å². The zero-order valence-electron chi connectivity index (χ0n) is 12.6. The number of para-hydroxylation sites is 1. The van der Waals surface area contributed by atoms with Gasteiger partial charge in [0.1, 0.15) is 17.3 Å². The summed E-state index contributed by atoms with van der Waals surface area (Å²) in [6, 6.07) is 9.10. The highest BCUT2D eigenvalue weighted by Crippen LogP contribution is 2.22. The van der Waals surface area contributed by atoms with Crippen molar-refractivity contribution in [3.05, 3.63) is 46.4 Å². The van der Waals surface area contributed by atoms with Gasteiger partial charge in [-0.05, 0) is 19.2 Å². The lowest BCUT2D eigenvalue weighted by Gasteiger charge is -2.32. The second-order valence-electron chi connectivity index (χ2n) is 5.71. The first-order chi connectivity index (χ1) is 11.2. The van der Waals surface area contributed by atoms with Crippen LogP contribution < -0.4 is 10.5 Å². The molecule has 2 aromatic heterocycles. The Morgan fingerprint density at radius 3 is 2.91 bits per heavy atom. The van der Waals surface area contributed by atoms with Gasteiger partial charge in [-0.2, -0.15) is 0 Å². The highest BCUT2D eigenvalue weighted by atomic mass is 16.1. The van der Waals surface area contributed by atoms with Crippen molar-refractivity contribution >= 4 is 28.3 Å². The van der Waals surface area contributed by atoms with E-state index in [0.717, 1.165) is 12.1 Å². The van der Waals surface area contributed by atoms with E-state index in [0.29, 0.717) is 35.6 Å². The summed E-state index contributed by atoms with van der Waals surface area (Å²) in [5.74, 6) is 2.65. The molecule has 0 unspecified atom stereocenters. The van der Waals surface area contributed by atoms with Gasteiger partial charge in [-0.15, -0.1) is 5.10 Å². The van der Waals surface area contributed by atoms with Gasteiger partial charge < -0.3 is 9.88 Å². The molecule has 23 heavy (non-hydrogen) atoms. The van der Waals surface area contributed by atoms with Gasteiger partial charge >= 0.3 is 0 Å². The number of piperazine rings is 1. The molecule has 0 atom stereocenters. The number of aromatic nitrogens is 3. The Morgan fingerprint density at radius 2 is 2.09 bits per heavy atom. The molecule has 1 aromatic carbocycles. The molecule has 1 aliphatic heterocycles. The molecule has 1 saturated heterocycles. The van der Waals surface area contributed by atoms with Crippen LogP contribution in [0, 0.1) is 0 Å². The summed E-state index contributed by atoms with van der Waals surface area (Å²) in [6.45, 7) is 2.03. The fraction of sp³-hybridized carbons (Fsp3) is 0.250. The SMILES string of the molecule is CN1CCN(c2cc3[nH]c(=O)c4ccccc4n3n2)C(=C=O)C1. The average molecular weight is 309 g/mol.